The van der Waals surface area contributed by atoms with Gasteiger partial charge >= 0.3 is 35.3 Å². The van der Waals surface area contributed by atoms with E-state index < -0.39 is 16.5 Å². The van der Waals surface area contributed by atoms with E-state index >= 15 is 0 Å². The molecule has 0 aromatic rings. The molecule has 1 unspecified atom stereocenters. The van der Waals surface area contributed by atoms with Gasteiger partial charge in [-0.05, 0) is 25.8 Å². The monoisotopic (exact) mass is 365 g/mol. The van der Waals surface area contributed by atoms with Crippen molar-refractivity contribution in [2.75, 3.05) is 6.54 Å². The van der Waals surface area contributed by atoms with Crippen molar-refractivity contribution in [3.05, 3.63) is 0 Å². The number of hydrogen-bond acceptors (Lipinski definition) is 2. The van der Waals surface area contributed by atoms with Gasteiger partial charge in [-0.25, -0.2) is 0 Å². The molecular formula is C5H12Cl2N2Pt. The molecular weight excluding hydrogens is 354 g/mol. The van der Waals surface area contributed by atoms with Gasteiger partial charge in [0, 0.05) is 0 Å². The molecule has 0 aliphatic carbocycles. The van der Waals surface area contributed by atoms with E-state index in [9.17, 15) is 0 Å². The SMILES string of the molecule is NC1CCCCN1.[Cl][Pt][Cl]. The quantitative estimate of drug-likeness (QED) is 0.681. The first kappa shape index (κ1) is 11.2. The minimum atomic E-state index is -0.472. The molecule has 0 saturated carbocycles. The molecule has 0 amide bonds. The maximum atomic E-state index is 5.52. The molecule has 1 atom stereocenters. The van der Waals surface area contributed by atoms with E-state index in [1.165, 1.54) is 12.8 Å². The van der Waals surface area contributed by atoms with E-state index in [-0.39, 0.29) is 6.17 Å². The van der Waals surface area contributed by atoms with Crippen LogP contribution in [0.3, 0.4) is 0 Å². The fraction of sp³-hybridized carbons (Fsp3) is 1.00. The van der Waals surface area contributed by atoms with Crippen molar-refractivity contribution in [2.45, 2.75) is 25.4 Å². The topological polar surface area (TPSA) is 38.0 Å². The Morgan fingerprint density at radius 2 is 2.00 bits per heavy atom. The van der Waals surface area contributed by atoms with Gasteiger partial charge in [0.1, 0.15) is 0 Å². The fourth-order valence-corrected chi connectivity index (χ4v) is 0.879. The van der Waals surface area contributed by atoms with Crippen LogP contribution >= 0.6 is 18.8 Å². The van der Waals surface area contributed by atoms with E-state index in [4.69, 9.17) is 24.6 Å². The molecule has 2 nitrogen and oxygen atoms in total. The molecule has 1 aliphatic rings. The summed E-state index contributed by atoms with van der Waals surface area (Å²) in [5.41, 5.74) is 5.52. The molecule has 0 spiro atoms. The van der Waals surface area contributed by atoms with Gasteiger partial charge in [0.05, 0.1) is 6.17 Å². The fourth-order valence-electron chi connectivity index (χ4n) is 0.879. The molecule has 0 aromatic carbocycles. The second kappa shape index (κ2) is 8.29. The minimum absolute atomic E-state index is 0.286. The number of piperidine rings is 1. The first-order valence-corrected chi connectivity index (χ1v) is 8.75. The van der Waals surface area contributed by atoms with Crippen LogP contribution in [-0.4, -0.2) is 12.7 Å². The molecule has 5 heteroatoms. The van der Waals surface area contributed by atoms with Crippen molar-refractivity contribution in [3.8, 4) is 0 Å². The van der Waals surface area contributed by atoms with Crippen LogP contribution in [0.25, 0.3) is 0 Å². The Kier molecular flexibility index (Phi) is 9.27. The molecule has 66 valence electrons. The first-order chi connectivity index (χ1) is 4.81. The normalized spacial score (nSPS) is 25.3. The predicted molar refractivity (Wildman–Crippen MR) is 41.5 cm³/mol. The van der Waals surface area contributed by atoms with E-state index in [0.29, 0.717) is 0 Å². The second-order valence-electron chi connectivity index (χ2n) is 2.10. The average molecular weight is 366 g/mol. The van der Waals surface area contributed by atoms with E-state index in [1.54, 1.807) is 0 Å². The average Bonchev–Trinajstić information content (AvgIpc) is 1.91. The van der Waals surface area contributed by atoms with Crippen molar-refractivity contribution < 1.29 is 16.5 Å². The standard InChI is InChI=1S/C5H12N2.2ClH.Pt/c6-5-3-1-2-4-7-5;;;/h5,7H,1-4,6H2;2*1H;/q;;;+2/p-2. The zero-order valence-corrected chi connectivity index (χ0v) is 9.34. The molecule has 3 N–H and O–H groups in total. The number of nitrogens with two attached hydrogens (primary N) is 1. The summed E-state index contributed by atoms with van der Waals surface area (Å²) in [6.45, 7) is 1.11. The van der Waals surface area contributed by atoms with Crippen LogP contribution < -0.4 is 11.1 Å². The van der Waals surface area contributed by atoms with Gasteiger partial charge in [-0.1, -0.05) is 0 Å². The van der Waals surface area contributed by atoms with Gasteiger partial charge < -0.3 is 11.1 Å². The van der Waals surface area contributed by atoms with Crippen LogP contribution in [0, 0.1) is 0 Å². The van der Waals surface area contributed by atoms with Crippen molar-refractivity contribution in [2.24, 2.45) is 5.73 Å². The van der Waals surface area contributed by atoms with Crippen molar-refractivity contribution in [1.29, 1.82) is 0 Å². The first-order valence-electron chi connectivity index (χ1n) is 3.12. The van der Waals surface area contributed by atoms with Crippen LogP contribution in [0.4, 0.5) is 0 Å². The van der Waals surface area contributed by atoms with Crippen LogP contribution in [0.15, 0.2) is 0 Å². The number of hydrogen-bond donors (Lipinski definition) is 2. The van der Waals surface area contributed by atoms with Crippen molar-refractivity contribution in [3.63, 3.8) is 0 Å². The summed E-state index contributed by atoms with van der Waals surface area (Å²) in [6.07, 6.45) is 4.04. The molecule has 1 heterocycles. The molecule has 1 fully saturated rings. The summed E-state index contributed by atoms with van der Waals surface area (Å²) in [7, 11) is 9.75. The van der Waals surface area contributed by atoms with Gasteiger partial charge in [0.15, 0.2) is 0 Å². The Labute approximate surface area is 78.2 Å². The summed E-state index contributed by atoms with van der Waals surface area (Å²) in [6, 6.07) is 0. The van der Waals surface area contributed by atoms with Crippen LogP contribution in [0.5, 0.6) is 0 Å². The zero-order valence-electron chi connectivity index (χ0n) is 5.56. The molecule has 1 rings (SSSR count). The maximum absolute atomic E-state index is 5.52. The van der Waals surface area contributed by atoms with Gasteiger partial charge in [0.2, 0.25) is 0 Å². The van der Waals surface area contributed by atoms with Gasteiger partial charge in [-0.3, -0.25) is 0 Å². The molecule has 10 heavy (non-hydrogen) atoms. The summed E-state index contributed by atoms with van der Waals surface area (Å²) in [5.74, 6) is 0. The molecule has 0 bridgehead atoms. The van der Waals surface area contributed by atoms with Gasteiger partial charge in [-0.15, -0.1) is 0 Å². The number of halogens is 2. The van der Waals surface area contributed by atoms with Crippen LogP contribution in [0.1, 0.15) is 19.3 Å². The summed E-state index contributed by atoms with van der Waals surface area (Å²) >= 11 is -0.472. The van der Waals surface area contributed by atoms with Gasteiger partial charge in [-0.2, -0.15) is 0 Å². The van der Waals surface area contributed by atoms with Crippen LogP contribution in [0.2, 0.25) is 0 Å². The van der Waals surface area contributed by atoms with E-state index in [2.05, 4.69) is 5.32 Å². The third-order valence-corrected chi connectivity index (χ3v) is 1.35. The van der Waals surface area contributed by atoms with Crippen molar-refractivity contribution >= 4 is 18.8 Å². The second-order valence-corrected chi connectivity index (χ2v) is 5.38. The van der Waals surface area contributed by atoms with Crippen molar-refractivity contribution in [1.82, 2.24) is 5.32 Å². The van der Waals surface area contributed by atoms with Gasteiger partial charge in [0.25, 0.3) is 0 Å². The summed E-state index contributed by atoms with van der Waals surface area (Å²) in [4.78, 5) is 0. The van der Waals surface area contributed by atoms with E-state index in [0.717, 1.165) is 13.0 Å². The summed E-state index contributed by atoms with van der Waals surface area (Å²) < 4.78 is 0. The third-order valence-electron chi connectivity index (χ3n) is 1.35. The molecule has 0 aromatic heterocycles. The zero-order chi connectivity index (χ0) is 7.82. The number of nitrogens with one attached hydrogen (secondary N) is 1. The Balaban J connectivity index is 0.000000236. The molecule has 1 saturated heterocycles. The third kappa shape index (κ3) is 7.30. The molecule has 0 radical (unpaired) electrons. The Bertz CT molecular complexity index is 68.7. The molecule has 1 aliphatic heterocycles. The Hall–Kier alpha value is 1.19. The van der Waals surface area contributed by atoms with Crippen LogP contribution in [-0.2, 0) is 16.5 Å². The Morgan fingerprint density at radius 3 is 2.20 bits per heavy atom. The summed E-state index contributed by atoms with van der Waals surface area (Å²) in [5, 5.41) is 3.16. The number of rotatable bonds is 0. The Morgan fingerprint density at radius 1 is 1.40 bits per heavy atom. The van der Waals surface area contributed by atoms with E-state index in [1.807, 2.05) is 0 Å². The predicted octanol–water partition coefficient (Wildman–Crippen LogP) is 1.42.